The molecule has 0 saturated carbocycles. The number of amides is 3. The summed E-state index contributed by atoms with van der Waals surface area (Å²) >= 11 is 5.98. The maximum Gasteiger partial charge on any atom is 0.316 e. The van der Waals surface area contributed by atoms with Crippen LogP contribution in [0.5, 0.6) is 5.75 Å². The Hall–Kier alpha value is -3.19. The molecule has 148 valence electrons. The molecule has 2 heterocycles. The van der Waals surface area contributed by atoms with E-state index >= 15 is 0 Å². The molecule has 0 unspecified atom stereocenters. The van der Waals surface area contributed by atoms with E-state index in [0.29, 0.717) is 16.4 Å². The Bertz CT molecular complexity index is 1010. The first-order valence-corrected chi connectivity index (χ1v) is 9.53. The lowest BCUT2D eigenvalue weighted by molar-refractivity contribution is -0.139. The topological polar surface area (TPSA) is 84.0 Å². The van der Waals surface area contributed by atoms with Gasteiger partial charge in [-0.05, 0) is 30.3 Å². The minimum absolute atomic E-state index is 0.0358. The van der Waals surface area contributed by atoms with Crippen LogP contribution in [0.3, 0.4) is 0 Å². The number of rotatable bonds is 4. The lowest BCUT2D eigenvalue weighted by Gasteiger charge is -2.17. The van der Waals surface area contributed by atoms with Gasteiger partial charge in [0.1, 0.15) is 5.75 Å². The van der Waals surface area contributed by atoms with Gasteiger partial charge in [-0.1, -0.05) is 23.7 Å². The van der Waals surface area contributed by atoms with Crippen molar-refractivity contribution in [3.63, 3.8) is 0 Å². The summed E-state index contributed by atoms with van der Waals surface area (Å²) < 4.78 is 5.43. The summed E-state index contributed by atoms with van der Waals surface area (Å²) in [7, 11) is 0. The molecule has 0 radical (unpaired) electrons. The highest BCUT2D eigenvalue weighted by atomic mass is 35.5. The van der Waals surface area contributed by atoms with Crippen molar-refractivity contribution in [2.45, 2.75) is 19.3 Å². The van der Waals surface area contributed by atoms with Crippen LogP contribution in [0.2, 0.25) is 5.02 Å². The smallest absolute Gasteiger partial charge is 0.316 e. The lowest BCUT2D eigenvalue weighted by Crippen LogP contribution is -2.29. The van der Waals surface area contributed by atoms with Gasteiger partial charge in [0.25, 0.3) is 0 Å². The van der Waals surface area contributed by atoms with E-state index < -0.39 is 11.9 Å². The van der Waals surface area contributed by atoms with Crippen LogP contribution in [0, 0.1) is 5.92 Å². The highest BCUT2D eigenvalue weighted by Gasteiger charge is 2.37. The third-order valence-corrected chi connectivity index (χ3v) is 5.16. The molecular formula is C21H17ClN2O5. The minimum Gasteiger partial charge on any atom is -0.426 e. The zero-order valence-electron chi connectivity index (χ0n) is 15.3. The van der Waals surface area contributed by atoms with Crippen LogP contribution < -0.4 is 14.5 Å². The van der Waals surface area contributed by atoms with Gasteiger partial charge in [0.05, 0.1) is 11.6 Å². The number of nitrogens with zero attached hydrogens (tertiary/aromatic N) is 2. The first-order chi connectivity index (χ1) is 13.9. The monoisotopic (exact) mass is 412 g/mol. The maximum absolute atomic E-state index is 12.6. The van der Waals surface area contributed by atoms with Crippen LogP contribution in [-0.4, -0.2) is 30.2 Å². The summed E-state index contributed by atoms with van der Waals surface area (Å²) in [6, 6.07) is 13.1. The molecule has 0 aliphatic carbocycles. The highest BCUT2D eigenvalue weighted by Crippen LogP contribution is 2.30. The Kier molecular flexibility index (Phi) is 5.07. The normalized spacial score (nSPS) is 19.2. The number of carbonyl (C=O) groups excluding carboxylic acids is 4. The van der Waals surface area contributed by atoms with E-state index in [1.165, 1.54) is 11.0 Å². The number of hydrogen-bond acceptors (Lipinski definition) is 5. The molecule has 4 rings (SSSR count). The van der Waals surface area contributed by atoms with Crippen molar-refractivity contribution in [1.29, 1.82) is 0 Å². The van der Waals surface area contributed by atoms with Crippen molar-refractivity contribution < 1.29 is 23.9 Å². The number of ether oxygens (including phenoxy) is 1. The van der Waals surface area contributed by atoms with Gasteiger partial charge in [0.15, 0.2) is 0 Å². The van der Waals surface area contributed by atoms with E-state index in [4.69, 9.17) is 16.3 Å². The number of anilines is 2. The van der Waals surface area contributed by atoms with Crippen LogP contribution in [0.1, 0.15) is 19.3 Å². The second-order valence-electron chi connectivity index (χ2n) is 6.93. The van der Waals surface area contributed by atoms with Crippen LogP contribution in [0.25, 0.3) is 0 Å². The number of imide groups is 1. The first-order valence-electron chi connectivity index (χ1n) is 9.16. The van der Waals surface area contributed by atoms with Crippen molar-refractivity contribution in [1.82, 2.24) is 0 Å². The fraction of sp³-hybridized carbons (Fsp3) is 0.238. The third kappa shape index (κ3) is 3.86. The zero-order valence-corrected chi connectivity index (χ0v) is 16.1. The molecule has 0 bridgehead atoms. The van der Waals surface area contributed by atoms with Crippen LogP contribution in [0.4, 0.5) is 11.4 Å². The SMILES string of the molecule is O=C(Oc1cccc(N2C(=O)CCC2=O)c1)[C@@H]1CC(=O)N(c2cccc(Cl)c2)C1. The van der Waals surface area contributed by atoms with Crippen molar-refractivity contribution in [2.24, 2.45) is 5.92 Å². The Morgan fingerprint density at radius 2 is 1.62 bits per heavy atom. The molecule has 0 aromatic heterocycles. The van der Waals surface area contributed by atoms with Crippen molar-refractivity contribution in [3.05, 3.63) is 53.6 Å². The van der Waals surface area contributed by atoms with Gasteiger partial charge in [-0.15, -0.1) is 0 Å². The van der Waals surface area contributed by atoms with Crippen molar-refractivity contribution >= 4 is 46.7 Å². The Morgan fingerprint density at radius 3 is 2.34 bits per heavy atom. The fourth-order valence-corrected chi connectivity index (χ4v) is 3.69. The third-order valence-electron chi connectivity index (χ3n) is 4.92. The molecule has 29 heavy (non-hydrogen) atoms. The van der Waals surface area contributed by atoms with Gasteiger partial charge in [-0.2, -0.15) is 0 Å². The molecule has 8 heteroatoms. The number of hydrogen-bond donors (Lipinski definition) is 0. The first kappa shape index (κ1) is 19.1. The van der Waals surface area contributed by atoms with Gasteiger partial charge < -0.3 is 9.64 Å². The summed E-state index contributed by atoms with van der Waals surface area (Å²) in [6.07, 6.45) is 0.382. The zero-order chi connectivity index (χ0) is 20.5. The number of esters is 1. The Labute approximate surface area is 171 Å². The van der Waals surface area contributed by atoms with Crippen LogP contribution in [-0.2, 0) is 19.2 Å². The van der Waals surface area contributed by atoms with Crippen LogP contribution >= 0.6 is 11.6 Å². The van der Waals surface area contributed by atoms with E-state index in [1.807, 2.05) is 0 Å². The number of carbonyl (C=O) groups is 4. The quantitative estimate of drug-likeness (QED) is 0.438. The molecule has 3 amide bonds. The Morgan fingerprint density at radius 1 is 0.931 bits per heavy atom. The molecule has 2 fully saturated rings. The Balaban J connectivity index is 1.46. The average Bonchev–Trinajstić information content (AvgIpc) is 3.24. The van der Waals surface area contributed by atoms with Gasteiger partial charge in [-0.25, -0.2) is 0 Å². The molecule has 0 N–H and O–H groups in total. The molecule has 2 aromatic carbocycles. The lowest BCUT2D eigenvalue weighted by atomic mass is 10.1. The van der Waals surface area contributed by atoms with E-state index in [9.17, 15) is 19.2 Å². The number of benzene rings is 2. The second-order valence-corrected chi connectivity index (χ2v) is 7.36. The van der Waals surface area contributed by atoms with Gasteiger partial charge in [0.2, 0.25) is 17.7 Å². The summed E-state index contributed by atoms with van der Waals surface area (Å²) in [5.74, 6) is -1.70. The molecule has 2 aromatic rings. The molecule has 2 aliphatic heterocycles. The van der Waals surface area contributed by atoms with Crippen molar-refractivity contribution in [3.8, 4) is 5.75 Å². The standard InChI is InChI=1S/C21H17ClN2O5/c22-14-3-1-4-15(10-14)23-12-13(9-20(23)27)21(28)29-17-6-2-5-16(11-17)24-18(25)7-8-19(24)26/h1-6,10-11,13H,7-9,12H2/t13-/m1/s1. The van der Waals surface area contributed by atoms with Crippen LogP contribution in [0.15, 0.2) is 48.5 Å². The van der Waals surface area contributed by atoms with Gasteiger partial charge >= 0.3 is 5.97 Å². The summed E-state index contributed by atoms with van der Waals surface area (Å²) in [4.78, 5) is 51.3. The average molecular weight is 413 g/mol. The molecular weight excluding hydrogens is 396 g/mol. The molecule has 2 saturated heterocycles. The molecule has 7 nitrogen and oxygen atoms in total. The molecule has 0 spiro atoms. The molecule has 2 aliphatic rings. The van der Waals surface area contributed by atoms with Gasteiger partial charge in [0, 0.05) is 42.6 Å². The largest absolute Gasteiger partial charge is 0.426 e. The highest BCUT2D eigenvalue weighted by molar-refractivity contribution is 6.31. The minimum atomic E-state index is -0.625. The summed E-state index contributed by atoms with van der Waals surface area (Å²) in [5.41, 5.74) is 0.997. The predicted molar refractivity (Wildman–Crippen MR) is 106 cm³/mol. The predicted octanol–water partition coefficient (Wildman–Crippen LogP) is 2.95. The van der Waals surface area contributed by atoms with E-state index in [-0.39, 0.29) is 49.3 Å². The fourth-order valence-electron chi connectivity index (χ4n) is 3.51. The van der Waals surface area contributed by atoms with Crippen molar-refractivity contribution in [2.75, 3.05) is 16.3 Å². The maximum atomic E-state index is 12.6. The van der Waals surface area contributed by atoms with E-state index in [0.717, 1.165) is 4.90 Å². The second kappa shape index (κ2) is 7.67. The summed E-state index contributed by atoms with van der Waals surface area (Å²) in [5, 5.41) is 0.504. The van der Waals surface area contributed by atoms with E-state index in [1.54, 1.807) is 42.5 Å². The number of halogens is 1. The van der Waals surface area contributed by atoms with Gasteiger partial charge in [-0.3, -0.25) is 24.1 Å². The molecule has 1 atom stereocenters. The summed E-state index contributed by atoms with van der Waals surface area (Å²) in [6.45, 7) is 0.195. The van der Waals surface area contributed by atoms with E-state index in [2.05, 4.69) is 0 Å².